The molecule has 2 aromatic rings. The molecule has 0 spiro atoms. The quantitative estimate of drug-likeness (QED) is 0.652. The lowest BCUT2D eigenvalue weighted by Crippen LogP contribution is -2.27. The second-order valence-corrected chi connectivity index (χ2v) is 7.23. The van der Waals surface area contributed by atoms with Gasteiger partial charge in [-0.25, -0.2) is 0 Å². The van der Waals surface area contributed by atoms with Gasteiger partial charge in [-0.15, -0.1) is 0 Å². The molecule has 0 atom stereocenters. The number of hydrogen-bond acceptors (Lipinski definition) is 4. The molecule has 142 valence electrons. The van der Waals surface area contributed by atoms with Crippen LogP contribution < -0.4 is 9.47 Å². The lowest BCUT2D eigenvalue weighted by Gasteiger charge is -2.22. The Hall–Kier alpha value is -2.62. The van der Waals surface area contributed by atoms with E-state index >= 15 is 0 Å². The van der Waals surface area contributed by atoms with E-state index in [1.165, 1.54) is 0 Å². The second-order valence-electron chi connectivity index (χ2n) is 7.23. The molecule has 0 aliphatic heterocycles. The van der Waals surface area contributed by atoms with Crippen LogP contribution in [0.15, 0.2) is 30.3 Å². The Labute approximate surface area is 160 Å². The van der Waals surface area contributed by atoms with Crippen molar-refractivity contribution in [2.75, 3.05) is 7.11 Å². The van der Waals surface area contributed by atoms with Gasteiger partial charge < -0.3 is 9.47 Å². The van der Waals surface area contributed by atoms with Crippen molar-refractivity contribution in [3.8, 4) is 22.6 Å². The molecule has 1 fully saturated rings. The van der Waals surface area contributed by atoms with Gasteiger partial charge in [-0.3, -0.25) is 9.59 Å². The molecule has 0 aromatic heterocycles. The molecular weight excluding hydrogens is 340 g/mol. The van der Waals surface area contributed by atoms with Gasteiger partial charge in [-0.1, -0.05) is 37.3 Å². The number of Topliss-reactive ketones (excluding diaryl/α,β-unsaturated/α-hetero) is 2. The van der Waals surface area contributed by atoms with Crippen molar-refractivity contribution in [3.05, 3.63) is 47.0 Å². The van der Waals surface area contributed by atoms with E-state index in [4.69, 9.17) is 9.47 Å². The number of methoxy groups -OCH3 is 1. The number of hydrogen-bond donors (Lipinski definition) is 0. The summed E-state index contributed by atoms with van der Waals surface area (Å²) < 4.78 is 11.9. The molecule has 2 aromatic carbocycles. The van der Waals surface area contributed by atoms with Gasteiger partial charge in [0.1, 0.15) is 0 Å². The van der Waals surface area contributed by atoms with Gasteiger partial charge in [0, 0.05) is 11.1 Å². The van der Waals surface area contributed by atoms with Crippen LogP contribution in [0.1, 0.15) is 55.1 Å². The summed E-state index contributed by atoms with van der Waals surface area (Å²) in [5.74, 6) is 1.35. The minimum absolute atomic E-state index is 0.0400. The lowest BCUT2D eigenvalue weighted by molar-refractivity contribution is -0.125. The SMILES string of the molecule is CCc1cc(-c2ccc(C)c(OC)c2OC2(C(C)=O)CC2)ccc1C(C)=O. The Morgan fingerprint density at radius 3 is 2.30 bits per heavy atom. The zero-order chi connectivity index (χ0) is 19.8. The summed E-state index contributed by atoms with van der Waals surface area (Å²) in [5, 5.41) is 0. The molecule has 0 unspecified atom stereocenters. The molecule has 0 heterocycles. The summed E-state index contributed by atoms with van der Waals surface area (Å²) >= 11 is 0. The highest BCUT2D eigenvalue weighted by atomic mass is 16.5. The maximum Gasteiger partial charge on any atom is 0.173 e. The summed E-state index contributed by atoms with van der Waals surface area (Å²) in [7, 11) is 1.61. The summed E-state index contributed by atoms with van der Waals surface area (Å²) in [4.78, 5) is 24.0. The number of carbonyl (C=O) groups excluding carboxylic acids is 2. The normalized spacial score (nSPS) is 14.6. The van der Waals surface area contributed by atoms with E-state index in [1.54, 1.807) is 21.0 Å². The number of aryl methyl sites for hydroxylation is 2. The molecule has 27 heavy (non-hydrogen) atoms. The Bertz CT molecular complexity index is 907. The smallest absolute Gasteiger partial charge is 0.173 e. The predicted octanol–water partition coefficient (Wildman–Crippen LogP) is 4.94. The van der Waals surface area contributed by atoms with Crippen LogP contribution in [0.4, 0.5) is 0 Å². The molecular formula is C23H26O4. The van der Waals surface area contributed by atoms with E-state index in [-0.39, 0.29) is 11.6 Å². The third-order valence-corrected chi connectivity index (χ3v) is 5.33. The van der Waals surface area contributed by atoms with Crippen LogP contribution in [-0.4, -0.2) is 24.3 Å². The van der Waals surface area contributed by atoms with Crippen molar-refractivity contribution in [2.45, 2.75) is 52.6 Å². The van der Waals surface area contributed by atoms with Crippen LogP contribution in [0.3, 0.4) is 0 Å². The number of ether oxygens (including phenoxy) is 2. The first-order chi connectivity index (χ1) is 12.8. The monoisotopic (exact) mass is 366 g/mol. The van der Waals surface area contributed by atoms with E-state index < -0.39 is 5.60 Å². The van der Waals surface area contributed by atoms with Crippen molar-refractivity contribution in [2.24, 2.45) is 0 Å². The van der Waals surface area contributed by atoms with Crippen LogP contribution in [0.25, 0.3) is 11.1 Å². The highest BCUT2D eigenvalue weighted by molar-refractivity contribution is 5.96. The van der Waals surface area contributed by atoms with Crippen molar-refractivity contribution in [3.63, 3.8) is 0 Å². The number of rotatable bonds is 7. The molecule has 4 nitrogen and oxygen atoms in total. The fraction of sp³-hybridized carbons (Fsp3) is 0.391. The molecule has 3 rings (SSSR count). The third-order valence-electron chi connectivity index (χ3n) is 5.33. The van der Waals surface area contributed by atoms with E-state index in [1.807, 2.05) is 44.2 Å². The van der Waals surface area contributed by atoms with Gasteiger partial charge in [0.25, 0.3) is 0 Å². The van der Waals surface area contributed by atoms with Crippen LogP contribution in [-0.2, 0) is 11.2 Å². The molecule has 0 radical (unpaired) electrons. The molecule has 0 bridgehead atoms. The fourth-order valence-electron chi connectivity index (χ4n) is 3.48. The fourth-order valence-corrected chi connectivity index (χ4v) is 3.48. The maximum atomic E-state index is 12.1. The summed E-state index contributed by atoms with van der Waals surface area (Å²) in [5.41, 5.74) is 3.78. The highest BCUT2D eigenvalue weighted by Crippen LogP contribution is 2.48. The number of carbonyl (C=O) groups is 2. The maximum absolute atomic E-state index is 12.1. The van der Waals surface area contributed by atoms with E-state index in [2.05, 4.69) is 0 Å². The second kappa shape index (κ2) is 7.18. The number of benzene rings is 2. The molecule has 4 heteroatoms. The first kappa shape index (κ1) is 19.2. The lowest BCUT2D eigenvalue weighted by atomic mass is 9.94. The average Bonchev–Trinajstić information content (AvgIpc) is 3.42. The molecule has 1 aliphatic carbocycles. The average molecular weight is 366 g/mol. The van der Waals surface area contributed by atoms with Gasteiger partial charge in [-0.2, -0.15) is 0 Å². The Morgan fingerprint density at radius 1 is 1.07 bits per heavy atom. The van der Waals surface area contributed by atoms with Crippen LogP contribution in [0.5, 0.6) is 11.5 Å². The Kier molecular flexibility index (Phi) is 5.09. The van der Waals surface area contributed by atoms with Crippen LogP contribution >= 0.6 is 0 Å². The minimum atomic E-state index is -0.733. The van der Waals surface area contributed by atoms with Crippen LogP contribution in [0, 0.1) is 6.92 Å². The first-order valence-corrected chi connectivity index (χ1v) is 9.35. The van der Waals surface area contributed by atoms with Gasteiger partial charge in [0.15, 0.2) is 28.7 Å². The van der Waals surface area contributed by atoms with E-state index in [0.717, 1.165) is 47.1 Å². The molecule has 1 aliphatic rings. The molecule has 0 N–H and O–H groups in total. The largest absolute Gasteiger partial charge is 0.493 e. The van der Waals surface area contributed by atoms with Crippen molar-refractivity contribution >= 4 is 11.6 Å². The molecule has 0 saturated heterocycles. The molecule has 0 amide bonds. The van der Waals surface area contributed by atoms with Crippen molar-refractivity contribution < 1.29 is 19.1 Å². The van der Waals surface area contributed by atoms with Crippen molar-refractivity contribution in [1.29, 1.82) is 0 Å². The Morgan fingerprint density at radius 2 is 1.78 bits per heavy atom. The van der Waals surface area contributed by atoms with Crippen molar-refractivity contribution in [1.82, 2.24) is 0 Å². The summed E-state index contributed by atoms with van der Waals surface area (Å²) in [6, 6.07) is 9.80. The molecule has 1 saturated carbocycles. The predicted molar refractivity (Wildman–Crippen MR) is 106 cm³/mol. The standard InChI is InChI=1S/C23H26O4/c1-6-17-13-18(8-10-19(17)15(3)24)20-9-7-14(2)21(26-5)22(20)27-23(11-12-23)16(4)25/h7-10,13H,6,11-12H2,1-5H3. The van der Waals surface area contributed by atoms with Gasteiger partial charge in [0.2, 0.25) is 0 Å². The van der Waals surface area contributed by atoms with Gasteiger partial charge in [0.05, 0.1) is 7.11 Å². The van der Waals surface area contributed by atoms with Crippen LogP contribution in [0.2, 0.25) is 0 Å². The summed E-state index contributed by atoms with van der Waals surface area (Å²) in [6.07, 6.45) is 2.21. The first-order valence-electron chi connectivity index (χ1n) is 9.35. The van der Waals surface area contributed by atoms with Gasteiger partial charge >= 0.3 is 0 Å². The minimum Gasteiger partial charge on any atom is -0.493 e. The zero-order valence-corrected chi connectivity index (χ0v) is 16.6. The highest BCUT2D eigenvalue weighted by Gasteiger charge is 2.51. The number of ketones is 2. The Balaban J connectivity index is 2.16. The van der Waals surface area contributed by atoms with E-state index in [9.17, 15) is 9.59 Å². The zero-order valence-electron chi connectivity index (χ0n) is 16.6. The third kappa shape index (κ3) is 3.48. The summed E-state index contributed by atoms with van der Waals surface area (Å²) in [6.45, 7) is 7.15. The topological polar surface area (TPSA) is 52.6 Å². The van der Waals surface area contributed by atoms with Gasteiger partial charge in [-0.05, 0) is 56.7 Å². The van der Waals surface area contributed by atoms with E-state index in [0.29, 0.717) is 11.5 Å².